The molecule has 0 atom stereocenters. The molecule has 1 aromatic rings. The number of ether oxygens (including phenoxy) is 2. The number of carbonyl (C=O) groups is 1. The van der Waals surface area contributed by atoms with E-state index in [0.717, 1.165) is 12.8 Å². The van der Waals surface area contributed by atoms with Gasteiger partial charge in [-0.25, -0.2) is 0 Å². The number of hydrogen-bond donors (Lipinski definition) is 1. The number of benzene rings is 1. The zero-order valence-electron chi connectivity index (χ0n) is 11.4. The lowest BCUT2D eigenvalue weighted by Gasteiger charge is -2.31. The Morgan fingerprint density at radius 1 is 1.32 bits per heavy atom. The highest BCUT2D eigenvalue weighted by Gasteiger charge is 2.25. The fourth-order valence-corrected chi connectivity index (χ4v) is 2.42. The van der Waals surface area contributed by atoms with Crippen molar-refractivity contribution in [1.82, 2.24) is 4.90 Å². The Morgan fingerprint density at radius 3 is 2.58 bits per heavy atom. The van der Waals surface area contributed by atoms with E-state index in [2.05, 4.69) is 0 Å². The molecule has 0 unspecified atom stereocenters. The van der Waals surface area contributed by atoms with E-state index in [-0.39, 0.29) is 12.0 Å². The summed E-state index contributed by atoms with van der Waals surface area (Å²) in [7, 11) is 3.24. The van der Waals surface area contributed by atoms with Crippen molar-refractivity contribution in [1.29, 1.82) is 0 Å². The number of carbonyl (C=O) groups excluding carboxylic acids is 1. The van der Waals surface area contributed by atoms with Gasteiger partial charge in [-0.05, 0) is 25.0 Å². The van der Waals surface area contributed by atoms with Crippen molar-refractivity contribution in [3.05, 3.63) is 23.8 Å². The van der Waals surface area contributed by atoms with E-state index in [4.69, 9.17) is 15.2 Å². The predicted molar refractivity (Wildman–Crippen MR) is 73.3 cm³/mol. The number of nitrogen functional groups attached to an aromatic ring is 1. The van der Waals surface area contributed by atoms with Crippen LogP contribution in [0.2, 0.25) is 0 Å². The third kappa shape index (κ3) is 2.81. The summed E-state index contributed by atoms with van der Waals surface area (Å²) in [6.07, 6.45) is 1.99. The van der Waals surface area contributed by atoms with E-state index in [1.807, 2.05) is 4.90 Å². The Labute approximate surface area is 113 Å². The Hall–Kier alpha value is -1.75. The van der Waals surface area contributed by atoms with Gasteiger partial charge in [0.1, 0.15) is 0 Å². The smallest absolute Gasteiger partial charge is 0.257 e. The van der Waals surface area contributed by atoms with Gasteiger partial charge in [0.2, 0.25) is 0 Å². The Morgan fingerprint density at radius 2 is 2.00 bits per heavy atom. The molecule has 0 spiro atoms. The van der Waals surface area contributed by atoms with E-state index in [9.17, 15) is 4.79 Å². The van der Waals surface area contributed by atoms with Gasteiger partial charge < -0.3 is 20.1 Å². The van der Waals surface area contributed by atoms with Crippen LogP contribution in [-0.4, -0.2) is 44.2 Å². The summed E-state index contributed by atoms with van der Waals surface area (Å²) in [6, 6.07) is 5.25. The van der Waals surface area contributed by atoms with Crippen molar-refractivity contribution < 1.29 is 14.3 Å². The molecule has 0 saturated carbocycles. The standard InChI is InChI=1S/C14H20N2O3/c1-18-10-6-8-16(9-7-10)14(17)11-4-3-5-12(15)13(11)19-2/h3-5,10H,6-9,15H2,1-2H3. The highest BCUT2D eigenvalue weighted by molar-refractivity contribution is 5.98. The van der Waals surface area contributed by atoms with Gasteiger partial charge in [0, 0.05) is 20.2 Å². The molecule has 19 heavy (non-hydrogen) atoms. The van der Waals surface area contributed by atoms with Gasteiger partial charge in [0.15, 0.2) is 5.75 Å². The van der Waals surface area contributed by atoms with Crippen LogP contribution in [0.25, 0.3) is 0 Å². The molecule has 1 heterocycles. The molecule has 1 saturated heterocycles. The fraction of sp³-hybridized carbons (Fsp3) is 0.500. The van der Waals surface area contributed by atoms with Crippen LogP contribution in [0.15, 0.2) is 18.2 Å². The lowest BCUT2D eigenvalue weighted by molar-refractivity contribution is 0.0349. The first-order valence-corrected chi connectivity index (χ1v) is 6.42. The summed E-state index contributed by atoms with van der Waals surface area (Å²) in [5, 5.41) is 0. The van der Waals surface area contributed by atoms with Crippen molar-refractivity contribution in [2.75, 3.05) is 33.0 Å². The maximum Gasteiger partial charge on any atom is 0.257 e. The van der Waals surface area contributed by atoms with Crippen molar-refractivity contribution >= 4 is 11.6 Å². The quantitative estimate of drug-likeness (QED) is 0.841. The van der Waals surface area contributed by atoms with Gasteiger partial charge in [-0.15, -0.1) is 0 Å². The first-order chi connectivity index (χ1) is 9.17. The van der Waals surface area contributed by atoms with Crippen molar-refractivity contribution in [2.45, 2.75) is 18.9 Å². The van der Waals surface area contributed by atoms with Crippen LogP contribution in [0.3, 0.4) is 0 Å². The molecule has 2 N–H and O–H groups in total. The summed E-state index contributed by atoms with van der Waals surface area (Å²) < 4.78 is 10.5. The van der Waals surface area contributed by atoms with Crippen LogP contribution in [-0.2, 0) is 4.74 Å². The SMILES string of the molecule is COc1c(N)cccc1C(=O)N1CCC(OC)CC1. The Kier molecular flexibility index (Phi) is 4.27. The summed E-state index contributed by atoms with van der Waals surface area (Å²) in [6.45, 7) is 1.41. The third-order valence-electron chi connectivity index (χ3n) is 3.54. The number of rotatable bonds is 3. The number of anilines is 1. The molecular formula is C14H20N2O3. The topological polar surface area (TPSA) is 64.8 Å². The van der Waals surface area contributed by atoms with Gasteiger partial charge in [-0.2, -0.15) is 0 Å². The second-order valence-electron chi connectivity index (χ2n) is 4.66. The Balaban J connectivity index is 2.14. The van der Waals surface area contributed by atoms with Crippen LogP contribution in [0.1, 0.15) is 23.2 Å². The van der Waals surface area contributed by atoms with Crippen molar-refractivity contribution in [2.24, 2.45) is 0 Å². The van der Waals surface area contributed by atoms with E-state index in [1.54, 1.807) is 25.3 Å². The van der Waals surface area contributed by atoms with E-state index in [0.29, 0.717) is 30.1 Å². The number of methoxy groups -OCH3 is 2. The lowest BCUT2D eigenvalue weighted by Crippen LogP contribution is -2.40. The molecule has 0 aliphatic carbocycles. The molecule has 1 aliphatic rings. The van der Waals surface area contributed by atoms with Gasteiger partial charge in [-0.3, -0.25) is 4.79 Å². The largest absolute Gasteiger partial charge is 0.494 e. The van der Waals surface area contributed by atoms with E-state index >= 15 is 0 Å². The highest BCUT2D eigenvalue weighted by atomic mass is 16.5. The molecule has 5 nitrogen and oxygen atoms in total. The van der Waals surface area contributed by atoms with E-state index < -0.39 is 0 Å². The van der Waals surface area contributed by atoms with Gasteiger partial charge >= 0.3 is 0 Å². The minimum Gasteiger partial charge on any atom is -0.494 e. The summed E-state index contributed by atoms with van der Waals surface area (Å²) in [5.74, 6) is 0.431. The van der Waals surface area contributed by atoms with Gasteiger partial charge in [0.25, 0.3) is 5.91 Å². The summed E-state index contributed by atoms with van der Waals surface area (Å²) >= 11 is 0. The maximum atomic E-state index is 12.5. The normalized spacial score (nSPS) is 16.4. The second kappa shape index (κ2) is 5.93. The first-order valence-electron chi connectivity index (χ1n) is 6.42. The number of likely N-dealkylation sites (tertiary alicyclic amines) is 1. The fourth-order valence-electron chi connectivity index (χ4n) is 2.42. The number of para-hydroxylation sites is 1. The minimum absolute atomic E-state index is 0.0290. The molecule has 0 bridgehead atoms. The second-order valence-corrected chi connectivity index (χ2v) is 4.66. The number of nitrogens with zero attached hydrogens (tertiary/aromatic N) is 1. The Bertz CT molecular complexity index is 454. The maximum absolute atomic E-state index is 12.5. The van der Waals surface area contributed by atoms with E-state index in [1.165, 1.54) is 7.11 Å². The minimum atomic E-state index is -0.0290. The molecular weight excluding hydrogens is 244 g/mol. The molecule has 1 aromatic carbocycles. The van der Waals surface area contributed by atoms with Crippen molar-refractivity contribution in [3.63, 3.8) is 0 Å². The lowest BCUT2D eigenvalue weighted by atomic mass is 10.1. The molecule has 5 heteroatoms. The summed E-state index contributed by atoms with van der Waals surface area (Å²) in [5.41, 5.74) is 6.84. The van der Waals surface area contributed by atoms with Crippen LogP contribution < -0.4 is 10.5 Å². The predicted octanol–water partition coefficient (Wildman–Crippen LogP) is 1.53. The first kappa shape index (κ1) is 13.7. The van der Waals surface area contributed by atoms with Crippen LogP contribution in [0.5, 0.6) is 5.75 Å². The average molecular weight is 264 g/mol. The van der Waals surface area contributed by atoms with Crippen molar-refractivity contribution in [3.8, 4) is 5.75 Å². The zero-order valence-corrected chi connectivity index (χ0v) is 11.4. The molecule has 1 amide bonds. The van der Waals surface area contributed by atoms with Crippen LogP contribution in [0.4, 0.5) is 5.69 Å². The van der Waals surface area contributed by atoms with Gasteiger partial charge in [0.05, 0.1) is 24.5 Å². The zero-order chi connectivity index (χ0) is 13.8. The molecule has 1 aliphatic heterocycles. The van der Waals surface area contributed by atoms with Crippen LogP contribution >= 0.6 is 0 Å². The number of piperidine rings is 1. The highest BCUT2D eigenvalue weighted by Crippen LogP contribution is 2.28. The monoisotopic (exact) mass is 264 g/mol. The average Bonchev–Trinajstić information content (AvgIpc) is 2.46. The van der Waals surface area contributed by atoms with Crippen LogP contribution in [0, 0.1) is 0 Å². The third-order valence-corrected chi connectivity index (χ3v) is 3.54. The number of hydrogen-bond acceptors (Lipinski definition) is 4. The number of amides is 1. The summed E-state index contributed by atoms with van der Waals surface area (Å²) in [4.78, 5) is 14.3. The molecule has 0 aromatic heterocycles. The molecule has 0 radical (unpaired) electrons. The van der Waals surface area contributed by atoms with Gasteiger partial charge in [-0.1, -0.05) is 6.07 Å². The molecule has 2 rings (SSSR count). The molecule has 104 valence electrons. The number of nitrogens with two attached hydrogens (primary N) is 1. The molecule has 1 fully saturated rings.